The van der Waals surface area contributed by atoms with E-state index in [9.17, 15) is 31.9 Å². The molecule has 2 aliphatic heterocycles. The van der Waals surface area contributed by atoms with Gasteiger partial charge in [-0.25, -0.2) is 4.79 Å². The number of carbonyl (C=O) groups is 3. The highest BCUT2D eigenvalue weighted by Gasteiger charge is 2.74. The Morgan fingerprint density at radius 1 is 1.00 bits per heavy atom. The molecule has 2 saturated carbocycles. The van der Waals surface area contributed by atoms with E-state index in [0.717, 1.165) is 23.3 Å². The fraction of sp³-hybridized carbons (Fsp3) is 0.667. The summed E-state index contributed by atoms with van der Waals surface area (Å²) in [5.41, 5.74) is 0.529. The van der Waals surface area contributed by atoms with Crippen LogP contribution in [-0.4, -0.2) is 89.8 Å². The number of ether oxygens (including phenoxy) is 1. The predicted molar refractivity (Wildman–Crippen MR) is 134 cm³/mol. The zero-order valence-electron chi connectivity index (χ0n) is 21.8. The minimum atomic E-state index is -4.43. The van der Waals surface area contributed by atoms with Crippen LogP contribution in [0, 0.1) is 11.3 Å². The molecule has 4 aliphatic rings. The molecule has 12 heteroatoms. The average molecular weight is 574 g/mol. The lowest BCUT2D eigenvalue weighted by Gasteiger charge is -2.43. The van der Waals surface area contributed by atoms with E-state index in [0.29, 0.717) is 31.0 Å². The lowest BCUT2D eigenvalue weighted by molar-refractivity contribution is -0.330. The van der Waals surface area contributed by atoms with E-state index in [-0.39, 0.29) is 42.2 Å². The Hall–Kier alpha value is -2.56. The molecule has 3 amide bonds. The molecule has 7 nitrogen and oxygen atoms in total. The van der Waals surface area contributed by atoms with Gasteiger partial charge in [-0.2, -0.15) is 17.6 Å². The summed E-state index contributed by atoms with van der Waals surface area (Å²) in [6, 6.07) is 6.28. The molecule has 0 aromatic heterocycles. The van der Waals surface area contributed by atoms with Crippen LogP contribution in [0.5, 0.6) is 0 Å². The van der Waals surface area contributed by atoms with Gasteiger partial charge in [-0.05, 0) is 43.4 Å². The van der Waals surface area contributed by atoms with Gasteiger partial charge in [-0.15, -0.1) is 0 Å². The predicted octanol–water partition coefficient (Wildman–Crippen LogP) is 4.78. The summed E-state index contributed by atoms with van der Waals surface area (Å²) in [6.45, 7) is 3.39. The van der Waals surface area contributed by atoms with Crippen molar-refractivity contribution in [1.82, 2.24) is 14.7 Å². The number of piperidine rings is 1. The number of halogens is 5. The maximum atomic E-state index is 13.7. The highest BCUT2D eigenvalue weighted by Crippen LogP contribution is 2.53. The molecule has 1 aromatic carbocycles. The average Bonchev–Trinajstić information content (AvgIpc) is 3.51. The van der Waals surface area contributed by atoms with Crippen LogP contribution >= 0.6 is 11.6 Å². The number of hydrogen-bond acceptors (Lipinski definition) is 4. The molecule has 3 atom stereocenters. The molecule has 2 aliphatic carbocycles. The second-order valence-electron chi connectivity index (χ2n) is 11.6. The van der Waals surface area contributed by atoms with Gasteiger partial charge in [0.2, 0.25) is 11.8 Å². The Bertz CT molecular complexity index is 1140. The molecule has 4 fully saturated rings. The Morgan fingerprint density at radius 2 is 1.62 bits per heavy atom. The lowest BCUT2D eigenvalue weighted by atomic mass is 9.85. The van der Waals surface area contributed by atoms with Gasteiger partial charge in [0.25, 0.3) is 0 Å². The zero-order valence-corrected chi connectivity index (χ0v) is 22.6. The number of rotatable bonds is 5. The Labute approximate surface area is 229 Å². The van der Waals surface area contributed by atoms with Crippen molar-refractivity contribution in [2.24, 2.45) is 11.3 Å². The second-order valence-corrected chi connectivity index (χ2v) is 12.0. The van der Waals surface area contributed by atoms with Gasteiger partial charge < -0.3 is 19.4 Å². The molecule has 2 saturated heterocycles. The number of likely N-dealkylation sites (N-methyl/N-ethyl adjacent to an activating group) is 1. The zero-order chi connectivity index (χ0) is 28.3. The van der Waals surface area contributed by atoms with Crippen LogP contribution in [0.2, 0.25) is 5.02 Å². The highest BCUT2D eigenvalue weighted by molar-refractivity contribution is 6.30. The molecule has 0 spiro atoms. The third kappa shape index (κ3) is 5.07. The fourth-order valence-corrected chi connectivity index (χ4v) is 5.95. The van der Waals surface area contributed by atoms with E-state index in [1.54, 1.807) is 29.2 Å². The quantitative estimate of drug-likeness (QED) is 0.475. The number of amides is 3. The Balaban J connectivity index is 1.26. The number of nitrogens with zero attached hydrogens (tertiary/aromatic N) is 3. The first-order valence-corrected chi connectivity index (χ1v) is 13.6. The third-order valence-electron chi connectivity index (χ3n) is 8.91. The van der Waals surface area contributed by atoms with Crippen molar-refractivity contribution < 1.29 is 36.7 Å². The van der Waals surface area contributed by atoms with E-state index in [2.05, 4.69) is 0 Å². The topological polar surface area (TPSA) is 70.2 Å². The van der Waals surface area contributed by atoms with Crippen LogP contribution in [0.25, 0.3) is 0 Å². The van der Waals surface area contributed by atoms with Crippen LogP contribution in [0.3, 0.4) is 0 Å². The number of carbonyl (C=O) groups excluding carboxylic acids is 3. The minimum absolute atomic E-state index is 0.0897. The fourth-order valence-electron chi connectivity index (χ4n) is 5.82. The van der Waals surface area contributed by atoms with Crippen LogP contribution < -0.4 is 0 Å². The number of likely N-dealkylation sites (tertiary alicyclic amines) is 2. The summed E-state index contributed by atoms with van der Waals surface area (Å²) in [5.74, 6) is -9.23. The third-order valence-corrected chi connectivity index (χ3v) is 9.16. The molecule has 39 heavy (non-hydrogen) atoms. The number of alkyl halides is 4. The Kier molecular flexibility index (Phi) is 7.04. The molecule has 0 N–H and O–H groups in total. The standard InChI is InChI=1S/C27H32ClF4N3O4/c1-25(9-10-25)23(37)34-11-7-17(8-12-34)22(36)35-14-19(16-3-5-18(28)6-4-16)20(15-35)33(2)24(38)39-21-13-26(29,30)27(21,31)32/h3-6,17,19-21H,7-15H2,1-2H3. The molecule has 214 valence electrons. The highest BCUT2D eigenvalue weighted by atomic mass is 35.5. The van der Waals surface area contributed by atoms with E-state index in [1.807, 2.05) is 11.8 Å². The molecule has 3 unspecified atom stereocenters. The van der Waals surface area contributed by atoms with E-state index >= 15 is 0 Å². The van der Waals surface area contributed by atoms with Crippen LogP contribution in [0.4, 0.5) is 22.4 Å². The molecular formula is C27H32ClF4N3O4. The maximum absolute atomic E-state index is 13.7. The number of hydrogen-bond donors (Lipinski definition) is 0. The van der Waals surface area contributed by atoms with Crippen LogP contribution in [-0.2, 0) is 14.3 Å². The van der Waals surface area contributed by atoms with Crippen molar-refractivity contribution in [3.63, 3.8) is 0 Å². The second kappa shape index (κ2) is 9.82. The molecule has 5 rings (SSSR count). The van der Waals surface area contributed by atoms with Gasteiger partial charge >= 0.3 is 17.9 Å². The summed E-state index contributed by atoms with van der Waals surface area (Å²) in [5, 5.41) is 0.503. The monoisotopic (exact) mass is 573 g/mol. The summed E-state index contributed by atoms with van der Waals surface area (Å²) in [4.78, 5) is 43.6. The molecular weight excluding hydrogens is 542 g/mol. The van der Waals surface area contributed by atoms with Crippen molar-refractivity contribution >= 4 is 29.5 Å². The van der Waals surface area contributed by atoms with Gasteiger partial charge in [-0.1, -0.05) is 30.7 Å². The van der Waals surface area contributed by atoms with Gasteiger partial charge in [0.1, 0.15) is 0 Å². The molecule has 1 aromatic rings. The van der Waals surface area contributed by atoms with Crippen LogP contribution in [0.1, 0.15) is 50.5 Å². The first-order chi connectivity index (χ1) is 18.2. The number of benzene rings is 1. The van der Waals surface area contributed by atoms with Crippen molar-refractivity contribution in [2.75, 3.05) is 33.2 Å². The van der Waals surface area contributed by atoms with E-state index in [4.69, 9.17) is 16.3 Å². The summed E-state index contributed by atoms with van der Waals surface area (Å²) in [7, 11) is 1.36. The van der Waals surface area contributed by atoms with Gasteiger partial charge in [0, 0.05) is 55.5 Å². The van der Waals surface area contributed by atoms with E-state index < -0.39 is 36.5 Å². The smallest absolute Gasteiger partial charge is 0.410 e. The van der Waals surface area contributed by atoms with Gasteiger partial charge in [-0.3, -0.25) is 9.59 Å². The van der Waals surface area contributed by atoms with Crippen molar-refractivity contribution in [3.05, 3.63) is 34.9 Å². The van der Waals surface area contributed by atoms with Crippen molar-refractivity contribution in [1.29, 1.82) is 0 Å². The first kappa shape index (κ1) is 28.0. The van der Waals surface area contributed by atoms with E-state index in [1.165, 1.54) is 7.05 Å². The molecule has 0 radical (unpaired) electrons. The van der Waals surface area contributed by atoms with Gasteiger partial charge in [0.15, 0.2) is 6.10 Å². The summed E-state index contributed by atoms with van der Waals surface area (Å²) < 4.78 is 58.8. The first-order valence-electron chi connectivity index (χ1n) is 13.3. The van der Waals surface area contributed by atoms with Gasteiger partial charge in [0.05, 0.1) is 12.5 Å². The minimum Gasteiger partial charge on any atom is -0.439 e. The molecule has 0 bridgehead atoms. The normalized spacial score (nSPS) is 28.9. The molecule has 2 heterocycles. The summed E-state index contributed by atoms with van der Waals surface area (Å²) in [6.07, 6.45) is -1.73. The van der Waals surface area contributed by atoms with Crippen LogP contribution in [0.15, 0.2) is 24.3 Å². The lowest BCUT2D eigenvalue weighted by Crippen LogP contribution is -2.64. The largest absolute Gasteiger partial charge is 0.439 e. The van der Waals surface area contributed by atoms with Crippen molar-refractivity contribution in [2.45, 2.75) is 68.9 Å². The SMILES string of the molecule is CN(C(=O)OC1CC(F)(F)C1(F)F)C1CN(C(=O)C2CCN(C(=O)C3(C)CC3)CC2)CC1c1ccc(Cl)cc1. The summed E-state index contributed by atoms with van der Waals surface area (Å²) >= 11 is 6.03. The van der Waals surface area contributed by atoms with Crippen molar-refractivity contribution in [3.8, 4) is 0 Å². The Morgan fingerprint density at radius 3 is 2.15 bits per heavy atom. The maximum Gasteiger partial charge on any atom is 0.410 e.